The van der Waals surface area contributed by atoms with E-state index in [1.54, 1.807) is 0 Å². The molecule has 0 amide bonds. The van der Waals surface area contributed by atoms with Crippen molar-refractivity contribution in [1.82, 2.24) is 0 Å². The maximum atomic E-state index is 9.94. The Morgan fingerprint density at radius 2 is 2.07 bits per heavy atom. The molecule has 1 saturated heterocycles. The molecule has 1 fully saturated rings. The first kappa shape index (κ1) is 9.33. The van der Waals surface area contributed by atoms with E-state index in [0.29, 0.717) is 19.6 Å². The Balaban J connectivity index is 2.15. The Kier molecular flexibility index (Phi) is 1.89. The summed E-state index contributed by atoms with van der Waals surface area (Å²) in [7, 11) is 0. The van der Waals surface area contributed by atoms with Crippen LogP contribution in [-0.2, 0) is 15.3 Å². The van der Waals surface area contributed by atoms with Gasteiger partial charge in [0, 0.05) is 12.0 Å². The summed E-state index contributed by atoms with van der Waals surface area (Å²) < 4.78 is 11.3. The number of aryl methyl sites for hydroxylation is 1. The lowest BCUT2D eigenvalue weighted by molar-refractivity contribution is -0.174. The molecule has 1 heterocycles. The second kappa shape index (κ2) is 3.04. The van der Waals surface area contributed by atoms with E-state index in [1.807, 2.05) is 19.1 Å². The van der Waals surface area contributed by atoms with Crippen LogP contribution in [0.5, 0.6) is 0 Å². The van der Waals surface area contributed by atoms with Crippen molar-refractivity contribution in [3.05, 3.63) is 34.9 Å². The average molecular weight is 206 g/mol. The van der Waals surface area contributed by atoms with Crippen molar-refractivity contribution >= 4 is 0 Å². The van der Waals surface area contributed by atoms with Gasteiger partial charge in [0.25, 0.3) is 0 Å². The molecule has 15 heavy (non-hydrogen) atoms. The maximum absolute atomic E-state index is 9.94. The second-order valence-electron chi connectivity index (χ2n) is 4.26. The molecule has 3 heteroatoms. The number of aliphatic hydroxyl groups excluding tert-OH is 1. The predicted molar refractivity (Wildman–Crippen MR) is 54.3 cm³/mol. The number of fused-ring (bicyclic) bond motifs is 2. The summed E-state index contributed by atoms with van der Waals surface area (Å²) in [6, 6.07) is 6.03. The van der Waals surface area contributed by atoms with E-state index in [4.69, 9.17) is 9.47 Å². The van der Waals surface area contributed by atoms with Crippen molar-refractivity contribution in [2.45, 2.75) is 25.2 Å². The van der Waals surface area contributed by atoms with Crippen LogP contribution in [-0.4, -0.2) is 18.3 Å². The van der Waals surface area contributed by atoms with Crippen molar-refractivity contribution < 1.29 is 14.6 Å². The fraction of sp³-hybridized carbons (Fsp3) is 0.500. The van der Waals surface area contributed by atoms with Gasteiger partial charge in [0.05, 0.1) is 19.3 Å². The van der Waals surface area contributed by atoms with Crippen LogP contribution in [0.4, 0.5) is 0 Å². The molecule has 1 unspecified atom stereocenters. The Morgan fingerprint density at radius 3 is 2.80 bits per heavy atom. The Bertz CT molecular complexity index is 394. The van der Waals surface area contributed by atoms with Gasteiger partial charge < -0.3 is 14.6 Å². The summed E-state index contributed by atoms with van der Waals surface area (Å²) in [5.41, 5.74) is 3.12. The van der Waals surface area contributed by atoms with Crippen LogP contribution in [0, 0.1) is 6.92 Å². The molecule has 0 aromatic heterocycles. The van der Waals surface area contributed by atoms with E-state index < -0.39 is 11.9 Å². The van der Waals surface area contributed by atoms with Gasteiger partial charge in [-0.2, -0.15) is 0 Å². The molecule has 3 rings (SSSR count). The van der Waals surface area contributed by atoms with E-state index in [9.17, 15) is 5.11 Å². The Morgan fingerprint density at radius 1 is 1.33 bits per heavy atom. The molecule has 3 nitrogen and oxygen atoms in total. The molecule has 2 aliphatic rings. The Labute approximate surface area is 88.6 Å². The topological polar surface area (TPSA) is 38.7 Å². The van der Waals surface area contributed by atoms with Crippen molar-refractivity contribution in [3.63, 3.8) is 0 Å². The van der Waals surface area contributed by atoms with Crippen LogP contribution in [0.2, 0.25) is 0 Å². The van der Waals surface area contributed by atoms with Crippen LogP contribution in [0.25, 0.3) is 0 Å². The standard InChI is InChI=1S/C12H14O3/c1-8-2-3-9-10(6-8)12(7-11(9)13)14-4-5-15-12/h2-3,6,11,13H,4-5,7H2,1H3. The molecule has 1 atom stereocenters. The normalized spacial score (nSPS) is 27.2. The molecule has 0 bridgehead atoms. The zero-order valence-electron chi connectivity index (χ0n) is 8.69. The number of hydrogen-bond acceptors (Lipinski definition) is 3. The minimum absolute atomic E-state index is 0.460. The van der Waals surface area contributed by atoms with E-state index in [0.717, 1.165) is 11.1 Å². The van der Waals surface area contributed by atoms with Gasteiger partial charge in [-0.25, -0.2) is 0 Å². The molecular weight excluding hydrogens is 192 g/mol. The molecule has 1 aromatic rings. The fourth-order valence-electron chi connectivity index (χ4n) is 2.49. The van der Waals surface area contributed by atoms with Crippen molar-refractivity contribution in [2.24, 2.45) is 0 Å². The summed E-state index contributed by atoms with van der Waals surface area (Å²) in [4.78, 5) is 0. The van der Waals surface area contributed by atoms with E-state index >= 15 is 0 Å². The highest BCUT2D eigenvalue weighted by molar-refractivity contribution is 5.40. The average Bonchev–Trinajstić information content (AvgIpc) is 2.76. The fourth-order valence-corrected chi connectivity index (χ4v) is 2.49. The molecule has 1 aromatic carbocycles. The third-order valence-corrected chi connectivity index (χ3v) is 3.19. The van der Waals surface area contributed by atoms with Gasteiger partial charge >= 0.3 is 0 Å². The molecule has 1 aliphatic heterocycles. The second-order valence-corrected chi connectivity index (χ2v) is 4.26. The molecule has 1 spiro atoms. The highest BCUT2D eigenvalue weighted by Crippen LogP contribution is 2.48. The lowest BCUT2D eigenvalue weighted by atomic mass is 10.0. The van der Waals surface area contributed by atoms with Crippen molar-refractivity contribution in [1.29, 1.82) is 0 Å². The smallest absolute Gasteiger partial charge is 0.198 e. The van der Waals surface area contributed by atoms with E-state index in [-0.39, 0.29) is 0 Å². The number of rotatable bonds is 0. The van der Waals surface area contributed by atoms with Crippen LogP contribution < -0.4 is 0 Å². The SMILES string of the molecule is Cc1ccc2c(c1)C1(CC2O)OCCO1. The van der Waals surface area contributed by atoms with Crippen LogP contribution in [0.15, 0.2) is 18.2 Å². The molecular formula is C12H14O3. The first-order chi connectivity index (χ1) is 7.21. The lowest BCUT2D eigenvalue weighted by Gasteiger charge is -2.22. The quantitative estimate of drug-likeness (QED) is 0.701. The summed E-state index contributed by atoms with van der Waals surface area (Å²) in [6.45, 7) is 3.26. The third-order valence-electron chi connectivity index (χ3n) is 3.19. The van der Waals surface area contributed by atoms with Gasteiger partial charge in [0.1, 0.15) is 0 Å². The molecule has 0 saturated carbocycles. The Hall–Kier alpha value is -0.900. The van der Waals surface area contributed by atoms with Gasteiger partial charge in [0.15, 0.2) is 5.79 Å². The minimum Gasteiger partial charge on any atom is -0.388 e. The lowest BCUT2D eigenvalue weighted by Crippen LogP contribution is -2.23. The molecule has 1 aliphatic carbocycles. The van der Waals surface area contributed by atoms with Gasteiger partial charge in [-0.15, -0.1) is 0 Å². The summed E-state index contributed by atoms with van der Waals surface area (Å²) in [6.07, 6.45) is 0.0601. The van der Waals surface area contributed by atoms with Crippen LogP contribution in [0.3, 0.4) is 0 Å². The summed E-state index contributed by atoms with van der Waals surface area (Å²) >= 11 is 0. The highest BCUT2D eigenvalue weighted by atomic mass is 16.7. The summed E-state index contributed by atoms with van der Waals surface area (Å²) in [5, 5.41) is 9.94. The van der Waals surface area contributed by atoms with Crippen molar-refractivity contribution in [2.75, 3.05) is 13.2 Å². The predicted octanol–water partition coefficient (Wildman–Crippen LogP) is 1.63. The van der Waals surface area contributed by atoms with E-state index in [2.05, 4.69) is 6.07 Å². The van der Waals surface area contributed by atoms with Gasteiger partial charge in [-0.1, -0.05) is 23.8 Å². The first-order valence-corrected chi connectivity index (χ1v) is 5.28. The summed E-state index contributed by atoms with van der Waals surface area (Å²) in [5.74, 6) is -0.666. The third kappa shape index (κ3) is 1.24. The van der Waals surface area contributed by atoms with Crippen LogP contribution in [0.1, 0.15) is 29.2 Å². The maximum Gasteiger partial charge on any atom is 0.198 e. The highest BCUT2D eigenvalue weighted by Gasteiger charge is 2.48. The molecule has 0 radical (unpaired) electrons. The van der Waals surface area contributed by atoms with Gasteiger partial charge in [0.2, 0.25) is 0 Å². The zero-order chi connectivity index (χ0) is 10.5. The van der Waals surface area contributed by atoms with Crippen LogP contribution >= 0.6 is 0 Å². The number of hydrogen-bond donors (Lipinski definition) is 1. The largest absolute Gasteiger partial charge is 0.388 e. The number of ether oxygens (including phenoxy) is 2. The number of benzene rings is 1. The number of aliphatic hydroxyl groups is 1. The monoisotopic (exact) mass is 206 g/mol. The van der Waals surface area contributed by atoms with Gasteiger partial charge in [-0.3, -0.25) is 0 Å². The van der Waals surface area contributed by atoms with Gasteiger partial charge in [-0.05, 0) is 12.5 Å². The first-order valence-electron chi connectivity index (χ1n) is 5.28. The minimum atomic E-state index is -0.666. The molecule has 1 N–H and O–H groups in total. The van der Waals surface area contributed by atoms with Crippen molar-refractivity contribution in [3.8, 4) is 0 Å². The molecule has 80 valence electrons. The van der Waals surface area contributed by atoms with E-state index in [1.165, 1.54) is 5.56 Å². The zero-order valence-corrected chi connectivity index (χ0v) is 8.69.